The lowest BCUT2D eigenvalue weighted by molar-refractivity contribution is -0.143. The maximum Gasteiger partial charge on any atom is 0.305 e. The minimum atomic E-state index is -0.112. The summed E-state index contributed by atoms with van der Waals surface area (Å²) < 4.78 is 7.35. The normalized spacial score (nSPS) is 18.6. The number of ether oxygens (including phenoxy) is 1. The van der Waals surface area contributed by atoms with E-state index in [2.05, 4.69) is 49.7 Å². The van der Waals surface area contributed by atoms with Gasteiger partial charge in [-0.05, 0) is 96.4 Å². The number of hydrogen-bond acceptors (Lipinski definition) is 7. The van der Waals surface area contributed by atoms with Gasteiger partial charge in [-0.3, -0.25) is 4.79 Å². The molecule has 1 spiro atoms. The molecular weight excluding hydrogens is 502 g/mol. The third kappa shape index (κ3) is 8.63. The predicted molar refractivity (Wildman–Crippen MR) is 159 cm³/mol. The van der Waals surface area contributed by atoms with Crippen molar-refractivity contribution in [3.8, 4) is 0 Å². The molecule has 9 nitrogen and oxygen atoms in total. The van der Waals surface area contributed by atoms with E-state index in [4.69, 9.17) is 9.72 Å². The summed E-state index contributed by atoms with van der Waals surface area (Å²) in [4.78, 5) is 29.6. The maximum atomic E-state index is 11.6. The summed E-state index contributed by atoms with van der Waals surface area (Å²) in [6, 6.07) is 0.834. The average Bonchev–Trinajstić information content (AvgIpc) is 3.73. The summed E-state index contributed by atoms with van der Waals surface area (Å²) >= 11 is 0. The van der Waals surface area contributed by atoms with Crippen LogP contribution in [0.15, 0.2) is 24.8 Å². The van der Waals surface area contributed by atoms with Crippen LogP contribution in [0.5, 0.6) is 0 Å². The van der Waals surface area contributed by atoms with Crippen molar-refractivity contribution in [2.45, 2.75) is 104 Å². The monoisotopic (exact) mass is 555 g/mol. The number of aromatic amines is 1. The van der Waals surface area contributed by atoms with Crippen LogP contribution >= 0.6 is 0 Å². The number of esters is 1. The van der Waals surface area contributed by atoms with Crippen LogP contribution in [-0.4, -0.2) is 87.2 Å². The molecule has 0 saturated carbocycles. The number of piperidine rings is 1. The zero-order chi connectivity index (χ0) is 28.2. The second kappa shape index (κ2) is 15.7. The third-order valence-corrected chi connectivity index (χ3v) is 9.25. The molecule has 2 fully saturated rings. The molecule has 40 heavy (non-hydrogen) atoms. The Morgan fingerprint density at radius 2 is 1.85 bits per heavy atom. The molecule has 2 N–H and O–H groups in total. The molecule has 224 valence electrons. The highest BCUT2D eigenvalue weighted by atomic mass is 16.5. The smallest absolute Gasteiger partial charge is 0.305 e. The van der Waals surface area contributed by atoms with Crippen molar-refractivity contribution in [2.75, 3.05) is 45.9 Å². The van der Waals surface area contributed by atoms with E-state index in [0.29, 0.717) is 18.4 Å². The van der Waals surface area contributed by atoms with Gasteiger partial charge in [-0.15, -0.1) is 0 Å². The first-order valence-electron chi connectivity index (χ1n) is 15.9. The van der Waals surface area contributed by atoms with E-state index in [9.17, 15) is 4.79 Å². The van der Waals surface area contributed by atoms with Crippen LogP contribution in [0.3, 0.4) is 0 Å². The predicted octanol–water partition coefficient (Wildman–Crippen LogP) is 4.58. The van der Waals surface area contributed by atoms with Gasteiger partial charge < -0.3 is 29.4 Å². The highest BCUT2D eigenvalue weighted by Crippen LogP contribution is 2.41. The molecule has 2 aromatic rings. The first-order valence-corrected chi connectivity index (χ1v) is 15.9. The first kappa shape index (κ1) is 30.7. The van der Waals surface area contributed by atoms with E-state index >= 15 is 0 Å². The highest BCUT2D eigenvalue weighted by Gasteiger charge is 2.40. The van der Waals surface area contributed by atoms with Gasteiger partial charge in [0.25, 0.3) is 0 Å². The Morgan fingerprint density at radius 1 is 1.05 bits per heavy atom. The molecule has 0 aliphatic carbocycles. The van der Waals surface area contributed by atoms with E-state index in [1.807, 2.05) is 19.3 Å². The van der Waals surface area contributed by atoms with E-state index < -0.39 is 0 Å². The summed E-state index contributed by atoms with van der Waals surface area (Å²) in [5.74, 6) is 1.91. The van der Waals surface area contributed by atoms with Crippen LogP contribution in [0.4, 0.5) is 0 Å². The van der Waals surface area contributed by atoms with Crippen molar-refractivity contribution < 1.29 is 9.53 Å². The van der Waals surface area contributed by atoms with Gasteiger partial charge >= 0.3 is 5.97 Å². The van der Waals surface area contributed by atoms with E-state index in [1.165, 1.54) is 58.3 Å². The number of aryl methyl sites for hydroxylation is 1. The largest absolute Gasteiger partial charge is 0.466 e. The fourth-order valence-corrected chi connectivity index (χ4v) is 6.81. The van der Waals surface area contributed by atoms with Crippen molar-refractivity contribution >= 4 is 5.97 Å². The molecule has 1 unspecified atom stereocenters. The van der Waals surface area contributed by atoms with Crippen LogP contribution in [0.2, 0.25) is 0 Å². The molecule has 2 aliphatic heterocycles. The number of unbranched alkanes of at least 4 members (excludes halogenated alkanes) is 1. The Morgan fingerprint density at radius 3 is 2.58 bits per heavy atom. The number of hydrogen-bond donors (Lipinski definition) is 2. The second-order valence-electron chi connectivity index (χ2n) is 11.9. The first-order chi connectivity index (χ1) is 19.6. The molecule has 2 saturated heterocycles. The number of aromatic nitrogens is 4. The highest BCUT2D eigenvalue weighted by molar-refractivity contribution is 5.69. The number of nitrogens with one attached hydrogen (secondary N) is 2. The van der Waals surface area contributed by atoms with Crippen molar-refractivity contribution in [2.24, 2.45) is 5.41 Å². The van der Waals surface area contributed by atoms with Crippen molar-refractivity contribution in [1.82, 2.24) is 34.6 Å². The Bertz CT molecular complexity index is 980. The lowest BCUT2D eigenvalue weighted by Gasteiger charge is -2.42. The van der Waals surface area contributed by atoms with Gasteiger partial charge in [-0.2, -0.15) is 0 Å². The van der Waals surface area contributed by atoms with Gasteiger partial charge in [0, 0.05) is 56.8 Å². The van der Waals surface area contributed by atoms with E-state index in [1.54, 1.807) is 6.20 Å². The molecule has 0 radical (unpaired) electrons. The summed E-state index contributed by atoms with van der Waals surface area (Å²) in [7, 11) is 0. The van der Waals surface area contributed by atoms with Crippen molar-refractivity contribution in [1.29, 1.82) is 0 Å². The van der Waals surface area contributed by atoms with Crippen LogP contribution < -0.4 is 5.32 Å². The number of rotatable bonds is 17. The van der Waals surface area contributed by atoms with Gasteiger partial charge in [0.2, 0.25) is 0 Å². The third-order valence-electron chi connectivity index (χ3n) is 9.25. The summed E-state index contributed by atoms with van der Waals surface area (Å²) in [5, 5.41) is 3.63. The van der Waals surface area contributed by atoms with E-state index in [-0.39, 0.29) is 12.0 Å². The number of carbonyl (C=O) groups is 1. The number of imidazole rings is 2. The van der Waals surface area contributed by atoms with Gasteiger partial charge in [-0.1, -0.05) is 13.8 Å². The lowest BCUT2D eigenvalue weighted by Crippen LogP contribution is -2.45. The van der Waals surface area contributed by atoms with Crippen LogP contribution in [-0.2, 0) is 22.5 Å². The molecule has 0 bridgehead atoms. The fraction of sp³-hybridized carbons (Fsp3) is 0.774. The average molecular weight is 556 g/mol. The molecule has 2 aromatic heterocycles. The van der Waals surface area contributed by atoms with Crippen molar-refractivity contribution in [3.63, 3.8) is 0 Å². The standard InChI is InChI=1S/C31H53N7O2/c1-4-26(5-2)37-21-12-31(13-22-37)11-20-36(25-31)18-9-19-38-23-17-33-28(38)24-27(30-34-15-16-35-30)32-14-8-7-10-29(39)40-6-3/h15-17,23,26-27,32H,4-14,18-22,24-25H2,1-3H3,(H,34,35). The zero-order valence-corrected chi connectivity index (χ0v) is 25.2. The van der Waals surface area contributed by atoms with Gasteiger partial charge in [0.15, 0.2) is 0 Å². The van der Waals surface area contributed by atoms with Gasteiger partial charge in [0.1, 0.15) is 11.6 Å². The van der Waals surface area contributed by atoms with Crippen LogP contribution in [0.25, 0.3) is 0 Å². The number of carbonyl (C=O) groups excluding carboxylic acids is 1. The lowest BCUT2D eigenvalue weighted by atomic mass is 9.77. The molecule has 4 rings (SSSR count). The molecule has 2 aliphatic rings. The maximum absolute atomic E-state index is 11.6. The molecule has 4 heterocycles. The number of likely N-dealkylation sites (tertiary alicyclic amines) is 2. The Kier molecular flexibility index (Phi) is 12.0. The zero-order valence-electron chi connectivity index (χ0n) is 25.2. The quantitative estimate of drug-likeness (QED) is 0.218. The number of nitrogens with zero attached hydrogens (tertiary/aromatic N) is 5. The van der Waals surface area contributed by atoms with Gasteiger partial charge in [-0.25, -0.2) is 9.97 Å². The minimum Gasteiger partial charge on any atom is -0.466 e. The van der Waals surface area contributed by atoms with Crippen LogP contribution in [0.1, 0.15) is 96.2 Å². The summed E-state index contributed by atoms with van der Waals surface area (Å²) in [6.45, 7) is 15.0. The molecule has 9 heteroatoms. The van der Waals surface area contributed by atoms with Gasteiger partial charge in [0.05, 0.1) is 12.6 Å². The summed E-state index contributed by atoms with van der Waals surface area (Å²) in [6.07, 6.45) is 18.5. The molecule has 1 atom stereocenters. The molecule has 0 aromatic carbocycles. The fourth-order valence-electron chi connectivity index (χ4n) is 6.81. The SMILES string of the molecule is CCOC(=O)CCCCNC(Cc1nccn1CCCN1CCC2(CCN(C(CC)CC)CC2)C1)c1ncc[nH]1. The summed E-state index contributed by atoms with van der Waals surface area (Å²) in [5.41, 5.74) is 0.556. The van der Waals surface area contributed by atoms with E-state index in [0.717, 1.165) is 63.0 Å². The number of H-pyrrole nitrogens is 1. The second-order valence-corrected chi connectivity index (χ2v) is 11.9. The Hall–Kier alpha value is -2.23. The Labute approximate surface area is 241 Å². The van der Waals surface area contributed by atoms with Crippen LogP contribution in [0, 0.1) is 5.41 Å². The minimum absolute atomic E-state index is 0.0584. The molecular formula is C31H53N7O2. The Balaban J connectivity index is 1.21. The van der Waals surface area contributed by atoms with Crippen molar-refractivity contribution in [3.05, 3.63) is 36.4 Å². The molecule has 0 amide bonds. The topological polar surface area (TPSA) is 91.3 Å².